The number of anilines is 1. The Morgan fingerprint density at radius 3 is 2.84 bits per heavy atom. The lowest BCUT2D eigenvalue weighted by atomic mass is 10.2. The molecule has 100 valence electrons. The average Bonchev–Trinajstić information content (AvgIpc) is 3.02. The van der Waals surface area contributed by atoms with Gasteiger partial charge < -0.3 is 10.2 Å². The van der Waals surface area contributed by atoms with Crippen LogP contribution in [0.5, 0.6) is 0 Å². The summed E-state index contributed by atoms with van der Waals surface area (Å²) in [5.74, 6) is 0.840. The minimum Gasteiger partial charge on any atom is -0.380 e. The summed E-state index contributed by atoms with van der Waals surface area (Å²) in [5, 5.41) is 7.71. The summed E-state index contributed by atoms with van der Waals surface area (Å²) in [7, 11) is 2.17. The monoisotopic (exact) mass is 257 g/mol. The zero-order chi connectivity index (χ0) is 13.2. The number of rotatable bonds is 3. The number of likely N-dealkylation sites (N-methyl/N-ethyl adjacent to an activating group) is 1. The van der Waals surface area contributed by atoms with Crippen molar-refractivity contribution in [2.24, 2.45) is 0 Å². The lowest BCUT2D eigenvalue weighted by Gasteiger charge is -2.14. The number of nitrogens with one attached hydrogen (secondary N) is 1. The minimum atomic E-state index is 0.511. The molecule has 3 rings (SSSR count). The zero-order valence-corrected chi connectivity index (χ0v) is 11.3. The van der Waals surface area contributed by atoms with Gasteiger partial charge in [-0.3, -0.25) is 0 Å². The van der Waals surface area contributed by atoms with Crippen molar-refractivity contribution >= 4 is 5.69 Å². The number of likely N-dealkylation sites (tertiary alicyclic amines) is 1. The third-order valence-electron chi connectivity index (χ3n) is 3.74. The average molecular weight is 257 g/mol. The van der Waals surface area contributed by atoms with E-state index in [9.17, 15) is 0 Å². The van der Waals surface area contributed by atoms with Crippen molar-refractivity contribution in [2.45, 2.75) is 25.4 Å². The first-order chi connectivity index (χ1) is 9.22. The van der Waals surface area contributed by atoms with E-state index in [2.05, 4.69) is 40.3 Å². The topological polar surface area (TPSA) is 46.0 Å². The molecule has 1 aliphatic heterocycles. The van der Waals surface area contributed by atoms with Gasteiger partial charge in [-0.2, -0.15) is 5.10 Å². The molecule has 1 aliphatic rings. The first-order valence-corrected chi connectivity index (χ1v) is 6.65. The smallest absolute Gasteiger partial charge is 0.153 e. The van der Waals surface area contributed by atoms with Crippen molar-refractivity contribution in [1.29, 1.82) is 0 Å². The summed E-state index contributed by atoms with van der Waals surface area (Å²) < 4.78 is 1.76. The van der Waals surface area contributed by atoms with Crippen LogP contribution in [0.2, 0.25) is 0 Å². The van der Waals surface area contributed by atoms with Crippen LogP contribution < -0.4 is 5.32 Å². The van der Waals surface area contributed by atoms with E-state index < -0.39 is 0 Å². The molecule has 0 saturated carbocycles. The molecule has 0 bridgehead atoms. The Morgan fingerprint density at radius 1 is 1.37 bits per heavy atom. The normalized spacial score (nSPS) is 23.7. The minimum absolute atomic E-state index is 0.511. The molecule has 2 aromatic rings. The van der Waals surface area contributed by atoms with E-state index in [1.54, 1.807) is 10.9 Å². The summed E-state index contributed by atoms with van der Waals surface area (Å²) in [4.78, 5) is 6.80. The number of aromatic nitrogens is 3. The fraction of sp³-hybridized carbons (Fsp3) is 0.429. The van der Waals surface area contributed by atoms with Crippen LogP contribution in [0, 0.1) is 0 Å². The molecule has 5 heteroatoms. The molecule has 2 atom stereocenters. The van der Waals surface area contributed by atoms with Crippen molar-refractivity contribution in [3.8, 4) is 5.82 Å². The Kier molecular flexibility index (Phi) is 3.21. The number of hydrogen-bond acceptors (Lipinski definition) is 4. The molecular weight excluding hydrogens is 238 g/mol. The molecule has 19 heavy (non-hydrogen) atoms. The maximum absolute atomic E-state index is 4.43. The van der Waals surface area contributed by atoms with Crippen molar-refractivity contribution in [3.05, 3.63) is 36.8 Å². The zero-order valence-electron chi connectivity index (χ0n) is 11.3. The predicted octanol–water partition coefficient (Wildman–Crippen LogP) is 1.77. The first kappa shape index (κ1) is 12.2. The van der Waals surface area contributed by atoms with Gasteiger partial charge in [-0.15, -0.1) is 0 Å². The van der Waals surface area contributed by atoms with E-state index in [1.165, 1.54) is 6.42 Å². The van der Waals surface area contributed by atoms with E-state index in [4.69, 9.17) is 0 Å². The Hall–Kier alpha value is -1.88. The highest BCUT2D eigenvalue weighted by atomic mass is 15.3. The molecule has 0 amide bonds. The summed E-state index contributed by atoms with van der Waals surface area (Å²) in [6.45, 7) is 3.35. The van der Waals surface area contributed by atoms with Crippen molar-refractivity contribution in [2.75, 3.05) is 18.9 Å². The molecule has 1 saturated heterocycles. The van der Waals surface area contributed by atoms with Crippen LogP contribution >= 0.6 is 0 Å². The molecule has 0 aliphatic carbocycles. The molecule has 2 unspecified atom stereocenters. The van der Waals surface area contributed by atoms with Crippen LogP contribution in [-0.2, 0) is 0 Å². The molecular formula is C14H19N5. The summed E-state index contributed by atoms with van der Waals surface area (Å²) in [5.41, 5.74) is 1.07. The molecule has 0 radical (unpaired) electrons. The summed E-state index contributed by atoms with van der Waals surface area (Å²) in [6.07, 6.45) is 6.70. The first-order valence-electron chi connectivity index (χ1n) is 6.65. The largest absolute Gasteiger partial charge is 0.380 e. The second kappa shape index (κ2) is 5.01. The fourth-order valence-corrected chi connectivity index (χ4v) is 2.55. The molecule has 0 spiro atoms. The predicted molar refractivity (Wildman–Crippen MR) is 75.5 cm³/mol. The molecule has 1 N–H and O–H groups in total. The van der Waals surface area contributed by atoms with Crippen molar-refractivity contribution < 1.29 is 0 Å². The van der Waals surface area contributed by atoms with E-state index >= 15 is 0 Å². The maximum atomic E-state index is 4.43. The van der Waals surface area contributed by atoms with Gasteiger partial charge in [0.15, 0.2) is 5.82 Å². The van der Waals surface area contributed by atoms with Crippen LogP contribution in [0.4, 0.5) is 5.69 Å². The number of hydrogen-bond donors (Lipinski definition) is 1. The van der Waals surface area contributed by atoms with Gasteiger partial charge in [0, 0.05) is 31.0 Å². The van der Waals surface area contributed by atoms with Gasteiger partial charge in [-0.25, -0.2) is 9.67 Å². The molecule has 3 heterocycles. The van der Waals surface area contributed by atoms with E-state index in [0.29, 0.717) is 12.1 Å². The fourth-order valence-electron chi connectivity index (χ4n) is 2.55. The second-order valence-corrected chi connectivity index (χ2v) is 5.22. The van der Waals surface area contributed by atoms with Gasteiger partial charge in [0.2, 0.25) is 0 Å². The quantitative estimate of drug-likeness (QED) is 0.910. The summed E-state index contributed by atoms with van der Waals surface area (Å²) in [6, 6.07) is 7.10. The van der Waals surface area contributed by atoms with Crippen molar-refractivity contribution in [1.82, 2.24) is 19.7 Å². The van der Waals surface area contributed by atoms with Crippen LogP contribution in [0.25, 0.3) is 5.82 Å². The van der Waals surface area contributed by atoms with Crippen LogP contribution in [0.3, 0.4) is 0 Å². The van der Waals surface area contributed by atoms with Gasteiger partial charge >= 0.3 is 0 Å². The Labute approximate surface area is 113 Å². The van der Waals surface area contributed by atoms with Gasteiger partial charge in [-0.05, 0) is 38.6 Å². The molecule has 5 nitrogen and oxygen atoms in total. The van der Waals surface area contributed by atoms with Gasteiger partial charge in [0.25, 0.3) is 0 Å². The lowest BCUT2D eigenvalue weighted by molar-refractivity contribution is 0.330. The highest BCUT2D eigenvalue weighted by Gasteiger charge is 2.25. The SMILES string of the molecule is CC1CC(Nc2ccc(-n3cccn3)nc2)CN1C. The highest BCUT2D eigenvalue weighted by Crippen LogP contribution is 2.19. The third kappa shape index (κ3) is 2.61. The van der Waals surface area contributed by atoms with E-state index in [-0.39, 0.29) is 0 Å². The summed E-state index contributed by atoms with van der Waals surface area (Å²) >= 11 is 0. The Morgan fingerprint density at radius 2 is 2.26 bits per heavy atom. The van der Waals surface area contributed by atoms with E-state index in [1.807, 2.05) is 24.5 Å². The van der Waals surface area contributed by atoms with Crippen LogP contribution in [-0.4, -0.2) is 45.3 Å². The van der Waals surface area contributed by atoms with Crippen molar-refractivity contribution in [3.63, 3.8) is 0 Å². The molecule has 0 aromatic carbocycles. The van der Waals surface area contributed by atoms with Gasteiger partial charge in [0.05, 0.1) is 11.9 Å². The standard InChI is InChI=1S/C14H19N5/c1-11-8-13(10-18(11)2)17-12-4-5-14(15-9-12)19-7-3-6-16-19/h3-7,9,11,13,17H,8,10H2,1-2H3. The molecule has 1 fully saturated rings. The number of nitrogens with zero attached hydrogens (tertiary/aromatic N) is 4. The Bertz CT molecular complexity index is 509. The Balaban J connectivity index is 1.67. The third-order valence-corrected chi connectivity index (χ3v) is 3.74. The van der Waals surface area contributed by atoms with Gasteiger partial charge in [-0.1, -0.05) is 0 Å². The highest BCUT2D eigenvalue weighted by molar-refractivity contribution is 5.44. The number of pyridine rings is 1. The van der Waals surface area contributed by atoms with Gasteiger partial charge in [0.1, 0.15) is 0 Å². The molecule has 2 aromatic heterocycles. The van der Waals surface area contributed by atoms with Crippen LogP contribution in [0.15, 0.2) is 36.8 Å². The van der Waals surface area contributed by atoms with Crippen LogP contribution in [0.1, 0.15) is 13.3 Å². The van der Waals surface area contributed by atoms with E-state index in [0.717, 1.165) is 18.1 Å². The lowest BCUT2D eigenvalue weighted by Crippen LogP contribution is -2.24. The maximum Gasteiger partial charge on any atom is 0.153 e. The second-order valence-electron chi connectivity index (χ2n) is 5.22.